The van der Waals surface area contributed by atoms with Crippen LogP contribution in [-0.2, 0) is 4.74 Å². The van der Waals surface area contributed by atoms with E-state index in [1.807, 2.05) is 36.4 Å². The summed E-state index contributed by atoms with van der Waals surface area (Å²) in [6, 6.07) is 15.9. The predicted octanol–water partition coefficient (Wildman–Crippen LogP) is 3.71. The van der Waals surface area contributed by atoms with Gasteiger partial charge in [-0.3, -0.25) is 9.69 Å². The molecule has 1 atom stereocenters. The molecule has 0 bridgehead atoms. The molecule has 1 aliphatic rings. The number of fused-ring (bicyclic) bond motifs is 1. The van der Waals surface area contributed by atoms with Crippen LogP contribution in [0, 0.1) is 0 Å². The van der Waals surface area contributed by atoms with Crippen molar-refractivity contribution in [1.29, 1.82) is 0 Å². The van der Waals surface area contributed by atoms with Crippen molar-refractivity contribution < 1.29 is 14.3 Å². The summed E-state index contributed by atoms with van der Waals surface area (Å²) in [5, 5.41) is 7.09. The molecule has 0 saturated carbocycles. The molecule has 1 saturated heterocycles. The third-order valence-electron chi connectivity index (χ3n) is 5.16. The van der Waals surface area contributed by atoms with Gasteiger partial charge in [-0.25, -0.2) is 0 Å². The summed E-state index contributed by atoms with van der Waals surface area (Å²) in [6.45, 7) is 3.80. The van der Waals surface area contributed by atoms with Crippen LogP contribution in [0.4, 0.5) is 0 Å². The number of amides is 1. The highest BCUT2D eigenvalue weighted by Crippen LogP contribution is 2.29. The Morgan fingerprint density at radius 1 is 1.14 bits per heavy atom. The standard InChI is InChI=1S/C22H24N2O3S/c1-26-20-9-8-18(16-5-2-3-6-17(16)20)22(25)23-15-19(21-7-4-14-28-21)24-10-12-27-13-11-24/h2-9,14,19H,10-13,15H2,1H3,(H,23,25). The average Bonchev–Trinajstić information content (AvgIpc) is 3.28. The van der Waals surface area contributed by atoms with Gasteiger partial charge >= 0.3 is 0 Å². The number of benzene rings is 2. The molecule has 1 N–H and O–H groups in total. The Bertz CT molecular complexity index is 936. The van der Waals surface area contributed by atoms with Crippen LogP contribution in [0.3, 0.4) is 0 Å². The zero-order valence-corrected chi connectivity index (χ0v) is 16.7. The Balaban J connectivity index is 1.55. The summed E-state index contributed by atoms with van der Waals surface area (Å²) in [5.74, 6) is 0.714. The third-order valence-corrected chi connectivity index (χ3v) is 6.14. The van der Waals surface area contributed by atoms with E-state index in [4.69, 9.17) is 9.47 Å². The van der Waals surface area contributed by atoms with Crippen LogP contribution < -0.4 is 10.1 Å². The molecular weight excluding hydrogens is 372 g/mol. The number of thiophene rings is 1. The first-order valence-electron chi connectivity index (χ1n) is 9.47. The van der Waals surface area contributed by atoms with E-state index in [1.165, 1.54) is 4.88 Å². The Morgan fingerprint density at radius 3 is 2.64 bits per heavy atom. The molecule has 4 rings (SSSR count). The van der Waals surface area contributed by atoms with Crippen LogP contribution in [0.5, 0.6) is 5.75 Å². The van der Waals surface area contributed by atoms with Gasteiger partial charge in [-0.05, 0) is 29.0 Å². The van der Waals surface area contributed by atoms with E-state index in [0.29, 0.717) is 12.1 Å². The Kier molecular flexibility index (Phi) is 5.90. The van der Waals surface area contributed by atoms with E-state index in [2.05, 4.69) is 27.7 Å². The van der Waals surface area contributed by atoms with Crippen molar-refractivity contribution in [2.24, 2.45) is 0 Å². The van der Waals surface area contributed by atoms with Gasteiger partial charge in [0.2, 0.25) is 0 Å². The number of nitrogens with one attached hydrogen (secondary N) is 1. The van der Waals surface area contributed by atoms with E-state index in [9.17, 15) is 4.79 Å². The molecule has 5 nitrogen and oxygen atoms in total. The molecule has 0 aliphatic carbocycles. The van der Waals surface area contributed by atoms with Crippen molar-refractivity contribution in [3.63, 3.8) is 0 Å². The van der Waals surface area contributed by atoms with Gasteiger partial charge in [-0.15, -0.1) is 11.3 Å². The van der Waals surface area contributed by atoms with Crippen LogP contribution in [0.2, 0.25) is 0 Å². The van der Waals surface area contributed by atoms with Crippen LogP contribution in [0.25, 0.3) is 10.8 Å². The van der Waals surface area contributed by atoms with Gasteiger partial charge < -0.3 is 14.8 Å². The van der Waals surface area contributed by atoms with E-state index in [0.717, 1.165) is 42.8 Å². The molecule has 6 heteroatoms. The topological polar surface area (TPSA) is 50.8 Å². The molecule has 1 aromatic heterocycles. The fourth-order valence-corrected chi connectivity index (χ4v) is 4.57. The molecule has 3 aromatic rings. The third kappa shape index (κ3) is 3.90. The molecule has 1 unspecified atom stereocenters. The maximum Gasteiger partial charge on any atom is 0.251 e. The van der Waals surface area contributed by atoms with E-state index >= 15 is 0 Å². The van der Waals surface area contributed by atoms with E-state index in [-0.39, 0.29) is 11.9 Å². The number of carbonyl (C=O) groups is 1. The number of hydrogen-bond donors (Lipinski definition) is 1. The molecule has 2 heterocycles. The highest BCUT2D eigenvalue weighted by Gasteiger charge is 2.24. The molecule has 1 aliphatic heterocycles. The normalized spacial score (nSPS) is 16.0. The summed E-state index contributed by atoms with van der Waals surface area (Å²) < 4.78 is 10.9. The SMILES string of the molecule is COc1ccc(C(=O)NCC(c2cccs2)N2CCOCC2)c2ccccc12. The lowest BCUT2D eigenvalue weighted by molar-refractivity contribution is 0.0169. The lowest BCUT2D eigenvalue weighted by atomic mass is 10.0. The minimum Gasteiger partial charge on any atom is -0.496 e. The summed E-state index contributed by atoms with van der Waals surface area (Å²) in [5.41, 5.74) is 0.670. The number of ether oxygens (including phenoxy) is 2. The summed E-state index contributed by atoms with van der Waals surface area (Å²) in [4.78, 5) is 16.7. The first-order valence-corrected chi connectivity index (χ1v) is 10.3. The second-order valence-electron chi connectivity index (χ2n) is 6.75. The zero-order chi connectivity index (χ0) is 19.3. The van der Waals surface area contributed by atoms with Crippen LogP contribution >= 0.6 is 11.3 Å². The van der Waals surface area contributed by atoms with Gasteiger partial charge in [0.05, 0.1) is 26.4 Å². The molecular formula is C22H24N2O3S. The molecule has 146 valence electrons. The van der Waals surface area contributed by atoms with Gasteiger partial charge in [0.1, 0.15) is 5.75 Å². The van der Waals surface area contributed by atoms with Gasteiger partial charge in [-0.1, -0.05) is 30.3 Å². The number of morpholine rings is 1. The Labute approximate surface area is 168 Å². The van der Waals surface area contributed by atoms with Gasteiger partial charge in [0.25, 0.3) is 5.91 Å². The Hall–Kier alpha value is -2.41. The average molecular weight is 397 g/mol. The van der Waals surface area contributed by atoms with Crippen molar-refractivity contribution in [2.45, 2.75) is 6.04 Å². The minimum absolute atomic E-state index is 0.0614. The molecule has 2 aromatic carbocycles. The second-order valence-corrected chi connectivity index (χ2v) is 7.73. The number of hydrogen-bond acceptors (Lipinski definition) is 5. The number of rotatable bonds is 6. The maximum atomic E-state index is 13.0. The quantitative estimate of drug-likeness (QED) is 0.690. The van der Waals surface area contributed by atoms with E-state index < -0.39 is 0 Å². The van der Waals surface area contributed by atoms with Crippen molar-refractivity contribution in [1.82, 2.24) is 10.2 Å². The van der Waals surface area contributed by atoms with Gasteiger partial charge in [-0.2, -0.15) is 0 Å². The summed E-state index contributed by atoms with van der Waals surface area (Å²) >= 11 is 1.73. The van der Waals surface area contributed by atoms with Crippen molar-refractivity contribution in [3.8, 4) is 5.75 Å². The largest absolute Gasteiger partial charge is 0.496 e. The first-order chi connectivity index (χ1) is 13.8. The highest BCUT2D eigenvalue weighted by atomic mass is 32.1. The maximum absolute atomic E-state index is 13.0. The molecule has 1 amide bonds. The van der Waals surface area contributed by atoms with Gasteiger partial charge in [0.15, 0.2) is 0 Å². The van der Waals surface area contributed by atoms with Crippen LogP contribution in [0.15, 0.2) is 53.9 Å². The van der Waals surface area contributed by atoms with Crippen LogP contribution in [-0.4, -0.2) is 50.8 Å². The van der Waals surface area contributed by atoms with Gasteiger partial charge in [0, 0.05) is 35.5 Å². The smallest absolute Gasteiger partial charge is 0.251 e. The molecule has 1 fully saturated rings. The first kappa shape index (κ1) is 18.9. The summed E-state index contributed by atoms with van der Waals surface area (Å²) in [6.07, 6.45) is 0. The highest BCUT2D eigenvalue weighted by molar-refractivity contribution is 7.10. The summed E-state index contributed by atoms with van der Waals surface area (Å²) in [7, 11) is 1.65. The Morgan fingerprint density at radius 2 is 1.93 bits per heavy atom. The fraction of sp³-hybridized carbons (Fsp3) is 0.318. The lowest BCUT2D eigenvalue weighted by Crippen LogP contribution is -2.43. The predicted molar refractivity (Wildman–Crippen MR) is 112 cm³/mol. The van der Waals surface area contributed by atoms with Crippen molar-refractivity contribution >= 4 is 28.0 Å². The minimum atomic E-state index is -0.0614. The van der Waals surface area contributed by atoms with Crippen LogP contribution in [0.1, 0.15) is 21.3 Å². The number of nitrogens with zero attached hydrogens (tertiary/aromatic N) is 1. The molecule has 0 spiro atoms. The molecule has 28 heavy (non-hydrogen) atoms. The monoisotopic (exact) mass is 396 g/mol. The van der Waals surface area contributed by atoms with E-state index in [1.54, 1.807) is 18.4 Å². The molecule has 0 radical (unpaired) electrons. The number of methoxy groups -OCH3 is 1. The zero-order valence-electron chi connectivity index (χ0n) is 15.9. The second kappa shape index (κ2) is 8.73. The number of carbonyl (C=O) groups excluding carboxylic acids is 1. The lowest BCUT2D eigenvalue weighted by Gasteiger charge is -2.34. The fourth-order valence-electron chi connectivity index (χ4n) is 3.71. The van der Waals surface area contributed by atoms with Crippen molar-refractivity contribution in [2.75, 3.05) is 40.0 Å². The van der Waals surface area contributed by atoms with Crippen molar-refractivity contribution in [3.05, 3.63) is 64.4 Å².